The van der Waals surface area contributed by atoms with Gasteiger partial charge in [0.2, 0.25) is 0 Å². The van der Waals surface area contributed by atoms with Gasteiger partial charge in [0.15, 0.2) is 5.13 Å². The van der Waals surface area contributed by atoms with E-state index in [0.717, 1.165) is 23.4 Å². The van der Waals surface area contributed by atoms with E-state index in [2.05, 4.69) is 26.2 Å². The second-order valence-corrected chi connectivity index (χ2v) is 3.49. The molecule has 1 heterocycles. The topological polar surface area (TPSA) is 24.9 Å². The number of hydrogen-bond acceptors (Lipinski definition) is 3. The zero-order valence-electron chi connectivity index (χ0n) is 5.51. The summed E-state index contributed by atoms with van der Waals surface area (Å²) in [6.45, 7) is 0.999. The van der Waals surface area contributed by atoms with Crippen LogP contribution < -0.4 is 5.32 Å². The van der Waals surface area contributed by atoms with Crippen LogP contribution >= 0.6 is 27.3 Å². The molecule has 1 rings (SSSR count). The van der Waals surface area contributed by atoms with Gasteiger partial charge in [-0.25, -0.2) is 4.98 Å². The molecule has 0 saturated heterocycles. The van der Waals surface area contributed by atoms with E-state index < -0.39 is 0 Å². The largest absolute Gasteiger partial charge is 0.361 e. The Kier molecular flexibility index (Phi) is 3.75. The van der Waals surface area contributed by atoms with E-state index in [1.54, 1.807) is 17.5 Å². The van der Waals surface area contributed by atoms with Gasteiger partial charge >= 0.3 is 0 Å². The monoisotopic (exact) mass is 220 g/mol. The Balaban J connectivity index is 2.15. The second kappa shape index (κ2) is 4.68. The number of aromatic nitrogens is 1. The van der Waals surface area contributed by atoms with Crippen molar-refractivity contribution in [3.8, 4) is 0 Å². The minimum Gasteiger partial charge on any atom is -0.361 e. The van der Waals surface area contributed by atoms with Crippen LogP contribution in [0, 0.1) is 0 Å². The molecule has 0 bridgehead atoms. The fourth-order valence-corrected chi connectivity index (χ4v) is 1.41. The van der Waals surface area contributed by atoms with Gasteiger partial charge in [0.1, 0.15) is 0 Å². The maximum absolute atomic E-state index is 4.08. The third kappa shape index (κ3) is 2.66. The van der Waals surface area contributed by atoms with Crippen molar-refractivity contribution in [3.63, 3.8) is 0 Å². The van der Waals surface area contributed by atoms with Crippen molar-refractivity contribution >= 4 is 32.4 Å². The highest BCUT2D eigenvalue weighted by atomic mass is 79.9. The summed E-state index contributed by atoms with van der Waals surface area (Å²) in [6, 6.07) is 0. The normalized spacial score (nSPS) is 9.70. The Labute approximate surface area is 72.8 Å². The summed E-state index contributed by atoms with van der Waals surface area (Å²) < 4.78 is 0. The van der Waals surface area contributed by atoms with E-state index in [-0.39, 0.29) is 0 Å². The molecule has 1 N–H and O–H groups in total. The molecule has 0 aliphatic heterocycles. The van der Waals surface area contributed by atoms with Gasteiger partial charge in [-0.1, -0.05) is 15.9 Å². The summed E-state index contributed by atoms with van der Waals surface area (Å²) in [5, 5.41) is 7.23. The summed E-state index contributed by atoms with van der Waals surface area (Å²) in [5.74, 6) is 0. The lowest BCUT2D eigenvalue weighted by Crippen LogP contribution is -2.00. The molecule has 0 unspecified atom stereocenters. The number of anilines is 1. The molecule has 2 nitrogen and oxygen atoms in total. The van der Waals surface area contributed by atoms with Gasteiger partial charge in [-0.05, 0) is 6.42 Å². The SMILES string of the molecule is BrCCCNc1nccs1. The van der Waals surface area contributed by atoms with Crippen LogP contribution in [0.2, 0.25) is 0 Å². The molecule has 0 atom stereocenters. The summed E-state index contributed by atoms with van der Waals surface area (Å²) >= 11 is 4.99. The van der Waals surface area contributed by atoms with Crippen LogP contribution in [-0.4, -0.2) is 16.9 Å². The molecule has 0 aromatic carbocycles. The number of alkyl halides is 1. The van der Waals surface area contributed by atoms with Crippen LogP contribution in [0.25, 0.3) is 0 Å². The third-order valence-corrected chi connectivity index (χ3v) is 2.31. The predicted octanol–water partition coefficient (Wildman–Crippen LogP) is 2.34. The Bertz CT molecular complexity index is 164. The molecule has 0 spiro atoms. The van der Waals surface area contributed by atoms with E-state index in [1.165, 1.54) is 0 Å². The second-order valence-electron chi connectivity index (χ2n) is 1.81. The third-order valence-electron chi connectivity index (χ3n) is 1.02. The van der Waals surface area contributed by atoms with Gasteiger partial charge in [0.25, 0.3) is 0 Å². The van der Waals surface area contributed by atoms with E-state index in [9.17, 15) is 0 Å². The molecule has 56 valence electrons. The number of hydrogen-bond donors (Lipinski definition) is 1. The molecule has 0 fully saturated rings. The maximum Gasteiger partial charge on any atom is 0.182 e. The molecular formula is C6H9BrN2S. The van der Waals surface area contributed by atoms with Gasteiger partial charge in [0.05, 0.1) is 0 Å². The van der Waals surface area contributed by atoms with Crippen molar-refractivity contribution in [2.75, 3.05) is 17.2 Å². The van der Waals surface area contributed by atoms with Crippen LogP contribution in [0.15, 0.2) is 11.6 Å². The summed E-state index contributed by atoms with van der Waals surface area (Å²) in [6.07, 6.45) is 2.95. The first-order chi connectivity index (χ1) is 4.93. The zero-order valence-corrected chi connectivity index (χ0v) is 7.91. The average Bonchev–Trinajstić information content (AvgIpc) is 2.41. The highest BCUT2D eigenvalue weighted by Gasteiger charge is 1.90. The molecule has 1 aromatic rings. The lowest BCUT2D eigenvalue weighted by Gasteiger charge is -1.97. The summed E-state index contributed by atoms with van der Waals surface area (Å²) in [5.41, 5.74) is 0. The molecule has 0 saturated carbocycles. The number of nitrogens with one attached hydrogen (secondary N) is 1. The van der Waals surface area contributed by atoms with Crippen LogP contribution in [0.5, 0.6) is 0 Å². The highest BCUT2D eigenvalue weighted by Crippen LogP contribution is 2.09. The first-order valence-corrected chi connectivity index (χ1v) is 5.13. The Morgan fingerprint density at radius 1 is 1.70 bits per heavy atom. The van der Waals surface area contributed by atoms with Crippen molar-refractivity contribution in [2.24, 2.45) is 0 Å². The van der Waals surface area contributed by atoms with E-state index in [1.807, 2.05) is 5.38 Å². The lowest BCUT2D eigenvalue weighted by molar-refractivity contribution is 0.995. The zero-order chi connectivity index (χ0) is 7.23. The van der Waals surface area contributed by atoms with Crippen molar-refractivity contribution < 1.29 is 0 Å². The highest BCUT2D eigenvalue weighted by molar-refractivity contribution is 9.09. The molecule has 0 amide bonds. The summed E-state index contributed by atoms with van der Waals surface area (Å²) in [4.78, 5) is 4.08. The lowest BCUT2D eigenvalue weighted by atomic mass is 10.5. The summed E-state index contributed by atoms with van der Waals surface area (Å²) in [7, 11) is 0. The van der Waals surface area contributed by atoms with Crippen LogP contribution in [0.3, 0.4) is 0 Å². The van der Waals surface area contributed by atoms with Gasteiger partial charge in [-0.3, -0.25) is 0 Å². The minimum atomic E-state index is 0.999. The van der Waals surface area contributed by atoms with E-state index in [4.69, 9.17) is 0 Å². The van der Waals surface area contributed by atoms with E-state index >= 15 is 0 Å². The van der Waals surface area contributed by atoms with Crippen molar-refractivity contribution in [1.29, 1.82) is 0 Å². The Hall–Kier alpha value is -0.0900. The van der Waals surface area contributed by atoms with Gasteiger partial charge in [0, 0.05) is 23.5 Å². The molecule has 10 heavy (non-hydrogen) atoms. The van der Waals surface area contributed by atoms with Crippen molar-refractivity contribution in [1.82, 2.24) is 4.98 Å². The van der Waals surface area contributed by atoms with Crippen LogP contribution in [-0.2, 0) is 0 Å². The molecular weight excluding hydrogens is 212 g/mol. The molecule has 0 radical (unpaired) electrons. The molecule has 0 aliphatic rings. The first kappa shape index (κ1) is 8.01. The van der Waals surface area contributed by atoms with E-state index in [0.29, 0.717) is 0 Å². The fourth-order valence-electron chi connectivity index (χ4n) is 0.573. The molecule has 1 aromatic heterocycles. The number of thiazole rings is 1. The average molecular weight is 221 g/mol. The smallest absolute Gasteiger partial charge is 0.182 e. The number of nitrogens with zero attached hydrogens (tertiary/aromatic N) is 1. The van der Waals surface area contributed by atoms with Crippen molar-refractivity contribution in [2.45, 2.75) is 6.42 Å². The number of halogens is 1. The van der Waals surface area contributed by atoms with Crippen molar-refractivity contribution in [3.05, 3.63) is 11.6 Å². The van der Waals surface area contributed by atoms with Gasteiger partial charge in [-0.15, -0.1) is 11.3 Å². The van der Waals surface area contributed by atoms with Crippen LogP contribution in [0.4, 0.5) is 5.13 Å². The maximum atomic E-state index is 4.08. The molecule has 4 heteroatoms. The Morgan fingerprint density at radius 2 is 2.60 bits per heavy atom. The van der Waals surface area contributed by atoms with Gasteiger partial charge < -0.3 is 5.32 Å². The fraction of sp³-hybridized carbons (Fsp3) is 0.500. The standard InChI is InChI=1S/C6H9BrN2S/c7-2-1-3-8-6-9-4-5-10-6/h4-5H,1-3H2,(H,8,9). The first-order valence-electron chi connectivity index (χ1n) is 3.13. The molecule has 0 aliphatic carbocycles. The van der Waals surface area contributed by atoms with Crippen LogP contribution in [0.1, 0.15) is 6.42 Å². The Morgan fingerprint density at radius 3 is 3.20 bits per heavy atom. The minimum absolute atomic E-state index is 0.999. The predicted molar refractivity (Wildman–Crippen MR) is 49.0 cm³/mol. The van der Waals surface area contributed by atoms with Gasteiger partial charge in [-0.2, -0.15) is 0 Å². The quantitative estimate of drug-likeness (QED) is 0.623. The number of rotatable bonds is 4.